The van der Waals surface area contributed by atoms with Gasteiger partial charge in [-0.15, -0.1) is 0 Å². The molecule has 2 aromatic carbocycles. The summed E-state index contributed by atoms with van der Waals surface area (Å²) >= 11 is 3.34. The summed E-state index contributed by atoms with van der Waals surface area (Å²) in [5, 5.41) is 2.16. The summed E-state index contributed by atoms with van der Waals surface area (Å²) in [6, 6.07) is 9.19. The number of ether oxygens (including phenoxy) is 4. The van der Waals surface area contributed by atoms with Gasteiger partial charge in [0.25, 0.3) is 11.8 Å². The molecule has 0 saturated heterocycles. The molecule has 160 valence electrons. The zero-order valence-electron chi connectivity index (χ0n) is 16.8. The van der Waals surface area contributed by atoms with Crippen molar-refractivity contribution < 1.29 is 33.3 Å². The number of hydrogen-bond acceptors (Lipinski definition) is 7. The van der Waals surface area contributed by atoms with Crippen LogP contribution in [0.1, 0.15) is 34.1 Å². The lowest BCUT2D eigenvalue weighted by Crippen LogP contribution is -2.34. The Balaban J connectivity index is 1.96. The Morgan fingerprint density at radius 3 is 2.30 bits per heavy atom. The van der Waals surface area contributed by atoms with E-state index in [1.165, 1.54) is 38.5 Å². The van der Waals surface area contributed by atoms with Crippen molar-refractivity contribution in [2.45, 2.75) is 13.3 Å². The molecule has 0 saturated carbocycles. The second-order valence-electron chi connectivity index (χ2n) is 6.02. The number of rotatable bonds is 9. The molecule has 8 nitrogen and oxygen atoms in total. The zero-order valence-corrected chi connectivity index (χ0v) is 18.4. The first-order valence-corrected chi connectivity index (χ1v) is 9.84. The SMILES string of the molecule is CCCOc1c(Br)cc(C(=O)OCC(=O)NC(=O)c2ccc(OC)cc2)cc1OC. The number of carbonyl (C=O) groups excluding carboxylic acids is 3. The van der Waals surface area contributed by atoms with Crippen LogP contribution in [0, 0.1) is 0 Å². The first-order valence-electron chi connectivity index (χ1n) is 9.05. The van der Waals surface area contributed by atoms with Gasteiger partial charge in [-0.3, -0.25) is 14.9 Å². The molecule has 0 bridgehead atoms. The van der Waals surface area contributed by atoms with E-state index in [0.717, 1.165) is 6.42 Å². The van der Waals surface area contributed by atoms with E-state index in [4.69, 9.17) is 18.9 Å². The first-order chi connectivity index (χ1) is 14.4. The summed E-state index contributed by atoms with van der Waals surface area (Å²) < 4.78 is 21.4. The Bertz CT molecular complexity index is 912. The van der Waals surface area contributed by atoms with Crippen molar-refractivity contribution in [1.29, 1.82) is 0 Å². The van der Waals surface area contributed by atoms with Gasteiger partial charge in [0.1, 0.15) is 5.75 Å². The average molecular weight is 480 g/mol. The largest absolute Gasteiger partial charge is 0.497 e. The molecule has 0 fully saturated rings. The van der Waals surface area contributed by atoms with E-state index in [1.54, 1.807) is 12.1 Å². The van der Waals surface area contributed by atoms with Crippen LogP contribution in [0.2, 0.25) is 0 Å². The Morgan fingerprint density at radius 1 is 1.00 bits per heavy atom. The van der Waals surface area contributed by atoms with Crippen molar-refractivity contribution >= 4 is 33.7 Å². The topological polar surface area (TPSA) is 100 Å². The lowest BCUT2D eigenvalue weighted by atomic mass is 10.2. The monoisotopic (exact) mass is 479 g/mol. The molecule has 0 spiro atoms. The maximum Gasteiger partial charge on any atom is 0.338 e. The highest BCUT2D eigenvalue weighted by Gasteiger charge is 2.18. The van der Waals surface area contributed by atoms with Crippen molar-refractivity contribution in [3.05, 3.63) is 52.0 Å². The van der Waals surface area contributed by atoms with Gasteiger partial charge < -0.3 is 18.9 Å². The van der Waals surface area contributed by atoms with Crippen molar-refractivity contribution in [1.82, 2.24) is 5.32 Å². The van der Waals surface area contributed by atoms with Crippen LogP contribution < -0.4 is 19.5 Å². The lowest BCUT2D eigenvalue weighted by molar-refractivity contribution is -0.123. The summed E-state index contributed by atoms with van der Waals surface area (Å²) in [5.74, 6) is -0.705. The maximum atomic E-state index is 12.3. The molecule has 0 atom stereocenters. The molecule has 0 heterocycles. The number of imide groups is 1. The predicted octanol–water partition coefficient (Wildman–Crippen LogP) is 3.37. The minimum atomic E-state index is -0.752. The van der Waals surface area contributed by atoms with E-state index in [0.29, 0.717) is 28.3 Å². The predicted molar refractivity (Wildman–Crippen MR) is 112 cm³/mol. The molecule has 0 aliphatic heterocycles. The molecular formula is C21H22BrNO7. The lowest BCUT2D eigenvalue weighted by Gasteiger charge is -2.13. The number of halogens is 1. The van der Waals surface area contributed by atoms with Crippen LogP contribution >= 0.6 is 15.9 Å². The third-order valence-electron chi connectivity index (χ3n) is 3.86. The molecule has 2 aromatic rings. The van der Waals surface area contributed by atoms with Gasteiger partial charge in [0.15, 0.2) is 18.1 Å². The Kier molecular flexibility index (Phi) is 8.67. The second kappa shape index (κ2) is 11.2. The highest BCUT2D eigenvalue weighted by Crippen LogP contribution is 2.37. The van der Waals surface area contributed by atoms with Crippen LogP contribution in [-0.4, -0.2) is 45.2 Å². The Morgan fingerprint density at radius 2 is 1.70 bits per heavy atom. The van der Waals surface area contributed by atoms with Crippen LogP contribution in [-0.2, 0) is 9.53 Å². The Hall–Kier alpha value is -3.07. The summed E-state index contributed by atoms with van der Waals surface area (Å²) in [4.78, 5) is 36.3. The van der Waals surface area contributed by atoms with E-state index < -0.39 is 24.4 Å². The fourth-order valence-electron chi connectivity index (χ4n) is 2.37. The quantitative estimate of drug-likeness (QED) is 0.550. The summed E-state index contributed by atoms with van der Waals surface area (Å²) in [7, 11) is 2.96. The van der Waals surface area contributed by atoms with Crippen molar-refractivity contribution in [3.8, 4) is 17.2 Å². The van der Waals surface area contributed by atoms with Crippen LogP contribution in [0.4, 0.5) is 0 Å². The van der Waals surface area contributed by atoms with Crippen LogP contribution in [0.5, 0.6) is 17.2 Å². The van der Waals surface area contributed by atoms with Gasteiger partial charge in [0.2, 0.25) is 0 Å². The minimum Gasteiger partial charge on any atom is -0.497 e. The molecular weight excluding hydrogens is 458 g/mol. The van der Waals surface area contributed by atoms with Crippen molar-refractivity contribution in [3.63, 3.8) is 0 Å². The normalized spacial score (nSPS) is 10.1. The molecule has 0 aliphatic rings. The van der Waals surface area contributed by atoms with Crippen LogP contribution in [0.25, 0.3) is 0 Å². The molecule has 2 amide bonds. The average Bonchev–Trinajstić information content (AvgIpc) is 2.76. The molecule has 9 heteroatoms. The molecule has 30 heavy (non-hydrogen) atoms. The standard InChI is InChI=1S/C21H22BrNO7/c1-4-9-29-19-16(22)10-14(11-17(19)28-3)21(26)30-12-18(24)23-20(25)13-5-7-15(27-2)8-6-13/h5-8,10-11H,4,9,12H2,1-3H3,(H,23,24,25). The van der Waals surface area contributed by atoms with Gasteiger partial charge in [-0.1, -0.05) is 6.92 Å². The van der Waals surface area contributed by atoms with Gasteiger partial charge >= 0.3 is 5.97 Å². The third-order valence-corrected chi connectivity index (χ3v) is 4.44. The third kappa shape index (κ3) is 6.21. The number of hydrogen-bond donors (Lipinski definition) is 1. The van der Waals surface area contributed by atoms with Crippen molar-refractivity contribution in [2.24, 2.45) is 0 Å². The summed E-state index contributed by atoms with van der Waals surface area (Å²) in [6.07, 6.45) is 0.809. The van der Waals surface area contributed by atoms with Gasteiger partial charge in [0, 0.05) is 5.56 Å². The molecule has 2 rings (SSSR count). The van der Waals surface area contributed by atoms with Crippen molar-refractivity contribution in [2.75, 3.05) is 27.4 Å². The van der Waals surface area contributed by atoms with E-state index in [1.807, 2.05) is 6.92 Å². The highest BCUT2D eigenvalue weighted by atomic mass is 79.9. The molecule has 0 aromatic heterocycles. The molecule has 1 N–H and O–H groups in total. The van der Waals surface area contributed by atoms with E-state index in [9.17, 15) is 14.4 Å². The maximum absolute atomic E-state index is 12.3. The number of carbonyl (C=O) groups is 3. The first kappa shape index (κ1) is 23.2. The zero-order chi connectivity index (χ0) is 22.1. The number of benzene rings is 2. The van der Waals surface area contributed by atoms with E-state index in [-0.39, 0.29) is 11.1 Å². The van der Waals surface area contributed by atoms with Crippen LogP contribution in [0.15, 0.2) is 40.9 Å². The van der Waals surface area contributed by atoms with Gasteiger partial charge in [-0.2, -0.15) is 0 Å². The van der Waals surface area contributed by atoms with Crippen LogP contribution in [0.3, 0.4) is 0 Å². The second-order valence-corrected chi connectivity index (χ2v) is 6.87. The van der Waals surface area contributed by atoms with E-state index >= 15 is 0 Å². The summed E-state index contributed by atoms with van der Waals surface area (Å²) in [6.45, 7) is 1.84. The number of amides is 2. The van der Waals surface area contributed by atoms with Gasteiger partial charge in [-0.05, 0) is 58.7 Å². The molecule has 0 aliphatic carbocycles. The fourth-order valence-corrected chi connectivity index (χ4v) is 2.93. The molecule has 0 radical (unpaired) electrons. The highest BCUT2D eigenvalue weighted by molar-refractivity contribution is 9.10. The molecule has 0 unspecified atom stereocenters. The minimum absolute atomic E-state index is 0.164. The summed E-state index contributed by atoms with van der Waals surface area (Å²) in [5.41, 5.74) is 0.434. The van der Waals surface area contributed by atoms with Gasteiger partial charge in [0.05, 0.1) is 30.9 Å². The number of nitrogens with one attached hydrogen (secondary N) is 1. The fraction of sp³-hybridized carbons (Fsp3) is 0.286. The smallest absolute Gasteiger partial charge is 0.338 e. The van der Waals surface area contributed by atoms with Gasteiger partial charge in [-0.25, -0.2) is 4.79 Å². The number of esters is 1. The Labute approximate surface area is 182 Å². The van der Waals surface area contributed by atoms with E-state index in [2.05, 4.69) is 21.2 Å². The number of methoxy groups -OCH3 is 2.